The molecule has 1 aliphatic carbocycles. The molecule has 2 aliphatic heterocycles. The molecule has 2 aromatic carbocycles. The molecule has 3 aliphatic rings. The van der Waals surface area contributed by atoms with Gasteiger partial charge in [0.1, 0.15) is 18.0 Å². The molecule has 7 nitrogen and oxygen atoms in total. The average molecular weight is 451 g/mol. The number of ether oxygens (including phenoxy) is 2. The Morgan fingerprint density at radius 1 is 1.03 bits per heavy atom. The Labute approximate surface area is 193 Å². The van der Waals surface area contributed by atoms with Crippen LogP contribution in [0.1, 0.15) is 49.1 Å². The molecule has 4 atom stereocenters. The van der Waals surface area contributed by atoms with Gasteiger partial charge < -0.3 is 25.2 Å². The molecule has 1 saturated heterocycles. The van der Waals surface area contributed by atoms with Gasteiger partial charge in [0, 0.05) is 30.1 Å². The minimum Gasteiger partial charge on any atom is -0.487 e. The van der Waals surface area contributed by atoms with E-state index in [0.29, 0.717) is 25.3 Å². The van der Waals surface area contributed by atoms with Gasteiger partial charge in [0.05, 0.1) is 19.1 Å². The van der Waals surface area contributed by atoms with E-state index in [-0.39, 0.29) is 43.0 Å². The molecule has 2 fully saturated rings. The molecule has 2 aromatic rings. The highest BCUT2D eigenvalue weighted by Gasteiger charge is 2.46. The highest BCUT2D eigenvalue weighted by atomic mass is 16.6. The van der Waals surface area contributed by atoms with Crippen molar-refractivity contribution in [2.45, 2.75) is 62.9 Å². The number of aliphatic hydroxyl groups is 1. The van der Waals surface area contributed by atoms with Crippen LogP contribution >= 0.6 is 0 Å². The van der Waals surface area contributed by atoms with Gasteiger partial charge in [-0.3, -0.25) is 9.59 Å². The smallest absolute Gasteiger partial charge is 0.224 e. The number of hydrogen-bond acceptors (Lipinski definition) is 5. The van der Waals surface area contributed by atoms with Crippen LogP contribution in [-0.4, -0.2) is 41.8 Å². The van der Waals surface area contributed by atoms with E-state index in [4.69, 9.17) is 9.47 Å². The summed E-state index contributed by atoms with van der Waals surface area (Å²) in [7, 11) is 0. The first-order valence-corrected chi connectivity index (χ1v) is 11.8. The number of anilines is 1. The summed E-state index contributed by atoms with van der Waals surface area (Å²) in [5.41, 5.74) is 2.80. The molecule has 7 heteroatoms. The Bertz CT molecular complexity index is 1010. The van der Waals surface area contributed by atoms with Gasteiger partial charge in [0.25, 0.3) is 0 Å². The molecule has 3 N–H and O–H groups in total. The summed E-state index contributed by atoms with van der Waals surface area (Å²) in [4.78, 5) is 24.8. The Hall–Kier alpha value is -2.90. The van der Waals surface area contributed by atoms with E-state index in [9.17, 15) is 14.7 Å². The van der Waals surface area contributed by atoms with E-state index >= 15 is 0 Å². The van der Waals surface area contributed by atoms with Gasteiger partial charge in [-0.15, -0.1) is 0 Å². The van der Waals surface area contributed by atoms with Crippen molar-refractivity contribution in [3.05, 3.63) is 59.7 Å². The first-order valence-electron chi connectivity index (χ1n) is 11.8. The minimum atomic E-state index is -0.504. The van der Waals surface area contributed by atoms with E-state index in [1.54, 1.807) is 0 Å². The first-order chi connectivity index (χ1) is 16.1. The number of hydrogen-bond donors (Lipinski definition) is 3. The summed E-state index contributed by atoms with van der Waals surface area (Å²) in [6, 6.07) is 15.5. The van der Waals surface area contributed by atoms with Crippen molar-refractivity contribution >= 4 is 17.5 Å². The van der Waals surface area contributed by atoms with E-state index in [1.165, 1.54) is 0 Å². The lowest BCUT2D eigenvalue weighted by molar-refractivity contribution is -0.142. The van der Waals surface area contributed by atoms with Crippen LogP contribution in [0.3, 0.4) is 0 Å². The predicted molar refractivity (Wildman–Crippen MR) is 123 cm³/mol. The summed E-state index contributed by atoms with van der Waals surface area (Å²) < 4.78 is 12.2. The Balaban J connectivity index is 1.24. The summed E-state index contributed by atoms with van der Waals surface area (Å²) in [6.45, 7) is 0.292. The van der Waals surface area contributed by atoms with Gasteiger partial charge in [-0.25, -0.2) is 0 Å². The highest BCUT2D eigenvalue weighted by molar-refractivity contribution is 5.91. The SMILES string of the molecule is O=C(C[C@H]1C[C@@H]2c3cc(NC(=O)CC4CC4)ccc3O[C@@H]2[C@@H](CO)O1)NCc1ccccc1. The fourth-order valence-corrected chi connectivity index (χ4v) is 4.84. The number of fused-ring (bicyclic) bond motifs is 3. The maximum absolute atomic E-state index is 12.6. The largest absolute Gasteiger partial charge is 0.487 e. The summed E-state index contributed by atoms with van der Waals surface area (Å²) >= 11 is 0. The monoisotopic (exact) mass is 450 g/mol. The number of rotatable bonds is 8. The van der Waals surface area contributed by atoms with E-state index in [1.807, 2.05) is 48.5 Å². The van der Waals surface area contributed by atoms with Gasteiger partial charge in [-0.2, -0.15) is 0 Å². The van der Waals surface area contributed by atoms with Crippen LogP contribution in [0.2, 0.25) is 0 Å². The van der Waals surface area contributed by atoms with E-state index in [0.717, 1.165) is 35.4 Å². The van der Waals surface area contributed by atoms with Gasteiger partial charge in [-0.05, 0) is 48.9 Å². The lowest BCUT2D eigenvalue weighted by Gasteiger charge is -2.37. The summed E-state index contributed by atoms with van der Waals surface area (Å²) in [6.07, 6.45) is 2.56. The van der Waals surface area contributed by atoms with Crippen molar-refractivity contribution in [2.75, 3.05) is 11.9 Å². The first kappa shape index (κ1) is 21.9. The molecule has 0 bridgehead atoms. The molecule has 2 amide bonds. The van der Waals surface area contributed by atoms with Crippen molar-refractivity contribution in [3.63, 3.8) is 0 Å². The topological polar surface area (TPSA) is 96.9 Å². The Morgan fingerprint density at radius 2 is 1.85 bits per heavy atom. The number of carbonyl (C=O) groups excluding carboxylic acids is 2. The quantitative estimate of drug-likeness (QED) is 0.574. The summed E-state index contributed by atoms with van der Waals surface area (Å²) in [5, 5.41) is 15.9. The molecule has 174 valence electrons. The van der Waals surface area contributed by atoms with E-state index in [2.05, 4.69) is 10.6 Å². The number of aliphatic hydroxyl groups excluding tert-OH is 1. The zero-order valence-electron chi connectivity index (χ0n) is 18.5. The maximum Gasteiger partial charge on any atom is 0.224 e. The number of amides is 2. The van der Waals surface area contributed by atoms with Crippen LogP contribution in [0, 0.1) is 5.92 Å². The second kappa shape index (κ2) is 9.53. The fourth-order valence-electron chi connectivity index (χ4n) is 4.84. The van der Waals surface area contributed by atoms with Crippen LogP contribution in [-0.2, 0) is 20.9 Å². The molecule has 5 rings (SSSR count). The number of carbonyl (C=O) groups is 2. The molecule has 0 aromatic heterocycles. The average Bonchev–Trinajstić information content (AvgIpc) is 3.56. The third-order valence-electron chi connectivity index (χ3n) is 6.70. The van der Waals surface area contributed by atoms with Crippen LogP contribution in [0.15, 0.2) is 48.5 Å². The van der Waals surface area contributed by atoms with Crippen molar-refractivity contribution in [1.29, 1.82) is 0 Å². The zero-order valence-corrected chi connectivity index (χ0v) is 18.5. The number of nitrogens with one attached hydrogen (secondary N) is 2. The van der Waals surface area contributed by atoms with Gasteiger partial charge in [0.15, 0.2) is 0 Å². The molecule has 0 spiro atoms. The Kier molecular flexibility index (Phi) is 6.33. The zero-order chi connectivity index (χ0) is 22.8. The molecular formula is C26H30N2O5. The van der Waals surface area contributed by atoms with Crippen LogP contribution in [0.4, 0.5) is 5.69 Å². The Morgan fingerprint density at radius 3 is 2.61 bits per heavy atom. The van der Waals surface area contributed by atoms with Crippen molar-refractivity contribution in [3.8, 4) is 5.75 Å². The molecule has 1 saturated carbocycles. The molecule has 2 heterocycles. The fraction of sp³-hybridized carbons (Fsp3) is 0.462. The van der Waals surface area contributed by atoms with Crippen molar-refractivity contribution in [2.24, 2.45) is 5.92 Å². The third-order valence-corrected chi connectivity index (χ3v) is 6.70. The van der Waals surface area contributed by atoms with Gasteiger partial charge in [0.2, 0.25) is 11.8 Å². The second-order valence-corrected chi connectivity index (χ2v) is 9.32. The van der Waals surface area contributed by atoms with Gasteiger partial charge in [-0.1, -0.05) is 30.3 Å². The highest BCUT2D eigenvalue weighted by Crippen LogP contribution is 2.47. The summed E-state index contributed by atoms with van der Waals surface area (Å²) in [5.74, 6) is 1.24. The lowest BCUT2D eigenvalue weighted by Crippen LogP contribution is -2.47. The van der Waals surface area contributed by atoms with Gasteiger partial charge >= 0.3 is 0 Å². The third kappa shape index (κ3) is 5.20. The van der Waals surface area contributed by atoms with Crippen LogP contribution in [0.25, 0.3) is 0 Å². The standard InChI is InChI=1S/C26H30N2O5/c29-15-23-26-21(12-19(32-23)13-24(30)27-14-17-4-2-1-3-5-17)20-11-18(8-9-22(20)33-26)28-25(31)10-16-6-7-16/h1-5,8-9,11,16,19,21,23,26,29H,6-7,10,12-15H2,(H,27,30)(H,28,31)/t19-,21-,23-,26+/m1/s1. The van der Waals surface area contributed by atoms with Crippen molar-refractivity contribution < 1.29 is 24.2 Å². The lowest BCUT2D eigenvalue weighted by atomic mass is 9.84. The molecule has 0 radical (unpaired) electrons. The minimum absolute atomic E-state index is 0.00175. The van der Waals surface area contributed by atoms with Crippen molar-refractivity contribution in [1.82, 2.24) is 5.32 Å². The van der Waals surface area contributed by atoms with Crippen LogP contribution < -0.4 is 15.4 Å². The second-order valence-electron chi connectivity index (χ2n) is 9.32. The van der Waals surface area contributed by atoms with E-state index < -0.39 is 6.10 Å². The maximum atomic E-state index is 12.6. The molecule has 0 unspecified atom stereocenters. The molecular weight excluding hydrogens is 420 g/mol. The normalized spacial score (nSPS) is 25.5. The predicted octanol–water partition coefficient (Wildman–Crippen LogP) is 3.13. The number of benzene rings is 2. The van der Waals surface area contributed by atoms with Crippen LogP contribution in [0.5, 0.6) is 5.75 Å². The molecule has 33 heavy (non-hydrogen) atoms.